The fraction of sp³-hybridized carbons (Fsp3) is 0.333. The Hall–Kier alpha value is -2.60. The molecule has 0 fully saturated rings. The standard InChI is InChI=1S/C18H22N2O4/c1-13(10-15-6-9-17(23-2)18(11-15)24-3)19-12-14-4-7-16(8-5-14)20(21)22/h4-9,11,13,19H,10,12H2,1-3H3. The van der Waals surface area contributed by atoms with Crippen LogP contribution in [-0.4, -0.2) is 25.2 Å². The molecule has 6 heteroatoms. The van der Waals surface area contributed by atoms with Gasteiger partial charge in [0.15, 0.2) is 11.5 Å². The van der Waals surface area contributed by atoms with Gasteiger partial charge in [-0.15, -0.1) is 0 Å². The fourth-order valence-electron chi connectivity index (χ4n) is 2.46. The van der Waals surface area contributed by atoms with Gasteiger partial charge in [0, 0.05) is 24.7 Å². The first-order chi connectivity index (χ1) is 11.5. The number of methoxy groups -OCH3 is 2. The average Bonchev–Trinajstić information content (AvgIpc) is 2.60. The topological polar surface area (TPSA) is 73.6 Å². The molecule has 6 nitrogen and oxygen atoms in total. The quantitative estimate of drug-likeness (QED) is 0.593. The summed E-state index contributed by atoms with van der Waals surface area (Å²) in [5.41, 5.74) is 2.27. The zero-order chi connectivity index (χ0) is 17.5. The first-order valence-electron chi connectivity index (χ1n) is 7.71. The van der Waals surface area contributed by atoms with Gasteiger partial charge in [0.2, 0.25) is 0 Å². The highest BCUT2D eigenvalue weighted by atomic mass is 16.6. The second-order valence-corrected chi connectivity index (χ2v) is 5.60. The van der Waals surface area contributed by atoms with Gasteiger partial charge in [-0.3, -0.25) is 10.1 Å². The van der Waals surface area contributed by atoms with E-state index in [-0.39, 0.29) is 11.7 Å². The lowest BCUT2D eigenvalue weighted by atomic mass is 10.1. The minimum Gasteiger partial charge on any atom is -0.493 e. The summed E-state index contributed by atoms with van der Waals surface area (Å²) in [5.74, 6) is 1.44. The Balaban J connectivity index is 1.91. The highest BCUT2D eigenvalue weighted by Crippen LogP contribution is 2.28. The van der Waals surface area contributed by atoms with Gasteiger partial charge in [-0.25, -0.2) is 0 Å². The summed E-state index contributed by atoms with van der Waals surface area (Å²) in [6.45, 7) is 2.76. The summed E-state index contributed by atoms with van der Waals surface area (Å²) in [5, 5.41) is 14.1. The number of nitro groups is 1. The largest absolute Gasteiger partial charge is 0.493 e. The molecule has 2 rings (SSSR count). The molecule has 128 valence electrons. The van der Waals surface area contributed by atoms with Crippen molar-refractivity contribution in [3.05, 3.63) is 63.7 Å². The Kier molecular flexibility index (Phi) is 6.14. The first-order valence-corrected chi connectivity index (χ1v) is 7.71. The molecule has 0 aliphatic heterocycles. The van der Waals surface area contributed by atoms with Crippen LogP contribution in [0, 0.1) is 10.1 Å². The Morgan fingerprint density at radius 1 is 1.04 bits per heavy atom. The van der Waals surface area contributed by atoms with Crippen LogP contribution in [0.25, 0.3) is 0 Å². The third kappa shape index (κ3) is 4.70. The molecule has 1 unspecified atom stereocenters. The molecule has 24 heavy (non-hydrogen) atoms. The van der Waals surface area contributed by atoms with Gasteiger partial charge in [0.25, 0.3) is 5.69 Å². The SMILES string of the molecule is COc1ccc(CC(C)NCc2ccc([N+](=O)[O-])cc2)cc1OC. The van der Waals surface area contributed by atoms with Crippen molar-refractivity contribution >= 4 is 5.69 Å². The van der Waals surface area contributed by atoms with E-state index < -0.39 is 4.92 Å². The van der Waals surface area contributed by atoms with Crippen LogP contribution in [0.3, 0.4) is 0 Å². The van der Waals surface area contributed by atoms with Gasteiger partial charge >= 0.3 is 0 Å². The van der Waals surface area contributed by atoms with E-state index in [1.165, 1.54) is 12.1 Å². The second kappa shape index (κ2) is 8.31. The molecule has 2 aromatic rings. The van der Waals surface area contributed by atoms with Crippen molar-refractivity contribution in [2.45, 2.75) is 25.9 Å². The van der Waals surface area contributed by atoms with Crippen LogP contribution < -0.4 is 14.8 Å². The van der Waals surface area contributed by atoms with E-state index >= 15 is 0 Å². The molecular weight excluding hydrogens is 308 g/mol. The summed E-state index contributed by atoms with van der Waals surface area (Å²) >= 11 is 0. The molecule has 0 aliphatic rings. The minimum absolute atomic E-state index is 0.108. The number of hydrogen-bond donors (Lipinski definition) is 1. The lowest BCUT2D eigenvalue weighted by molar-refractivity contribution is -0.384. The predicted molar refractivity (Wildman–Crippen MR) is 92.6 cm³/mol. The number of rotatable bonds is 8. The van der Waals surface area contributed by atoms with E-state index in [0.29, 0.717) is 12.3 Å². The molecule has 0 aliphatic carbocycles. The zero-order valence-corrected chi connectivity index (χ0v) is 14.1. The van der Waals surface area contributed by atoms with Gasteiger partial charge < -0.3 is 14.8 Å². The van der Waals surface area contributed by atoms with E-state index in [9.17, 15) is 10.1 Å². The van der Waals surface area contributed by atoms with E-state index in [0.717, 1.165) is 23.3 Å². The molecule has 0 heterocycles. The van der Waals surface area contributed by atoms with Crippen molar-refractivity contribution in [1.82, 2.24) is 5.32 Å². The van der Waals surface area contributed by atoms with Gasteiger partial charge in [0.1, 0.15) is 0 Å². The van der Waals surface area contributed by atoms with E-state index in [2.05, 4.69) is 12.2 Å². The van der Waals surface area contributed by atoms with Gasteiger partial charge in [-0.2, -0.15) is 0 Å². The Morgan fingerprint density at radius 3 is 2.25 bits per heavy atom. The number of nitrogens with one attached hydrogen (secondary N) is 1. The van der Waals surface area contributed by atoms with Crippen molar-refractivity contribution in [3.8, 4) is 11.5 Å². The Labute approximate surface area is 141 Å². The van der Waals surface area contributed by atoms with Crippen LogP contribution in [0.1, 0.15) is 18.1 Å². The molecule has 0 amide bonds. The molecule has 0 saturated carbocycles. The second-order valence-electron chi connectivity index (χ2n) is 5.60. The van der Waals surface area contributed by atoms with Crippen LogP contribution in [-0.2, 0) is 13.0 Å². The zero-order valence-electron chi connectivity index (χ0n) is 14.1. The number of non-ortho nitro benzene ring substituents is 1. The van der Waals surface area contributed by atoms with Gasteiger partial charge in [0.05, 0.1) is 19.1 Å². The molecular formula is C18H22N2O4. The highest BCUT2D eigenvalue weighted by molar-refractivity contribution is 5.43. The Morgan fingerprint density at radius 2 is 1.67 bits per heavy atom. The summed E-state index contributed by atoms with van der Waals surface area (Å²) in [7, 11) is 3.24. The van der Waals surface area contributed by atoms with Crippen LogP contribution in [0.4, 0.5) is 5.69 Å². The van der Waals surface area contributed by atoms with Gasteiger partial charge in [-0.1, -0.05) is 18.2 Å². The number of hydrogen-bond acceptors (Lipinski definition) is 5. The summed E-state index contributed by atoms with van der Waals surface area (Å²) < 4.78 is 10.6. The molecule has 0 spiro atoms. The Bertz CT molecular complexity index is 686. The van der Waals surface area contributed by atoms with Gasteiger partial charge in [-0.05, 0) is 36.6 Å². The number of nitro benzene ring substituents is 1. The van der Waals surface area contributed by atoms with Crippen LogP contribution in [0.15, 0.2) is 42.5 Å². The number of benzene rings is 2. The maximum Gasteiger partial charge on any atom is 0.269 e. The lowest BCUT2D eigenvalue weighted by Gasteiger charge is -2.15. The molecule has 2 aromatic carbocycles. The van der Waals surface area contributed by atoms with Crippen molar-refractivity contribution in [2.24, 2.45) is 0 Å². The normalized spacial score (nSPS) is 11.8. The van der Waals surface area contributed by atoms with Crippen LogP contribution in [0.5, 0.6) is 11.5 Å². The lowest BCUT2D eigenvalue weighted by Crippen LogP contribution is -2.27. The van der Waals surface area contributed by atoms with Crippen molar-refractivity contribution < 1.29 is 14.4 Å². The first kappa shape index (κ1) is 17.7. The minimum atomic E-state index is -0.392. The number of ether oxygens (including phenoxy) is 2. The molecule has 1 atom stereocenters. The van der Waals surface area contributed by atoms with Crippen LogP contribution in [0.2, 0.25) is 0 Å². The van der Waals surface area contributed by atoms with E-state index in [1.807, 2.05) is 18.2 Å². The predicted octanol–water partition coefficient (Wildman–Crippen LogP) is 3.33. The van der Waals surface area contributed by atoms with Crippen molar-refractivity contribution in [2.75, 3.05) is 14.2 Å². The number of nitrogens with zero attached hydrogens (tertiary/aromatic N) is 1. The maximum atomic E-state index is 10.7. The fourth-order valence-corrected chi connectivity index (χ4v) is 2.46. The molecule has 0 bridgehead atoms. The molecule has 0 aromatic heterocycles. The molecule has 0 saturated heterocycles. The average molecular weight is 330 g/mol. The molecule has 1 N–H and O–H groups in total. The van der Waals surface area contributed by atoms with Crippen molar-refractivity contribution in [3.63, 3.8) is 0 Å². The highest BCUT2D eigenvalue weighted by Gasteiger charge is 2.09. The van der Waals surface area contributed by atoms with E-state index in [1.54, 1.807) is 26.4 Å². The smallest absolute Gasteiger partial charge is 0.269 e. The third-order valence-corrected chi connectivity index (χ3v) is 3.79. The van der Waals surface area contributed by atoms with Crippen LogP contribution >= 0.6 is 0 Å². The van der Waals surface area contributed by atoms with E-state index in [4.69, 9.17) is 9.47 Å². The van der Waals surface area contributed by atoms with Crippen molar-refractivity contribution in [1.29, 1.82) is 0 Å². The maximum absolute atomic E-state index is 10.7. The summed E-state index contributed by atoms with van der Waals surface area (Å²) in [6, 6.07) is 12.7. The monoisotopic (exact) mass is 330 g/mol. The summed E-state index contributed by atoms with van der Waals surface area (Å²) in [4.78, 5) is 10.3. The third-order valence-electron chi connectivity index (χ3n) is 3.79. The summed E-state index contributed by atoms with van der Waals surface area (Å²) in [6.07, 6.45) is 0.841. The molecule has 0 radical (unpaired) electrons.